The number of carbonyl (C=O) groups is 1. The van der Waals surface area contributed by atoms with Gasteiger partial charge in [-0.1, -0.05) is 29.8 Å². The van der Waals surface area contributed by atoms with Crippen LogP contribution in [0.3, 0.4) is 0 Å². The third kappa shape index (κ3) is 4.15. The highest BCUT2D eigenvalue weighted by atomic mass is 16.2. The Bertz CT molecular complexity index is 413. The number of nitrogens with one attached hydrogen (secondary N) is 1. The number of carbonyl (C=O) groups excluding carboxylic acids is 1. The zero-order valence-corrected chi connectivity index (χ0v) is 11.3. The number of rotatable bonds is 6. The van der Waals surface area contributed by atoms with Gasteiger partial charge in [-0.25, -0.2) is 0 Å². The first kappa shape index (κ1) is 13.1. The van der Waals surface area contributed by atoms with Crippen molar-refractivity contribution in [3.8, 4) is 0 Å². The zero-order chi connectivity index (χ0) is 13.0. The lowest BCUT2D eigenvalue weighted by molar-refractivity contribution is -0.128. The second-order valence-corrected chi connectivity index (χ2v) is 5.21. The predicted octanol–water partition coefficient (Wildman–Crippen LogP) is 1.75. The Hall–Kier alpha value is -1.35. The van der Waals surface area contributed by atoms with Crippen molar-refractivity contribution in [3.05, 3.63) is 35.4 Å². The molecule has 1 aromatic carbocycles. The van der Waals surface area contributed by atoms with Crippen molar-refractivity contribution in [2.75, 3.05) is 20.1 Å². The Morgan fingerprint density at radius 2 is 2.22 bits per heavy atom. The molecule has 1 N–H and O–H groups in total. The van der Waals surface area contributed by atoms with Crippen LogP contribution in [0.15, 0.2) is 24.3 Å². The van der Waals surface area contributed by atoms with Crippen LogP contribution in [-0.4, -0.2) is 37.0 Å². The molecule has 1 saturated carbocycles. The Morgan fingerprint density at radius 1 is 1.44 bits per heavy atom. The van der Waals surface area contributed by atoms with Gasteiger partial charge in [0.15, 0.2) is 0 Å². The maximum absolute atomic E-state index is 11.8. The van der Waals surface area contributed by atoms with Crippen LogP contribution < -0.4 is 5.32 Å². The summed E-state index contributed by atoms with van der Waals surface area (Å²) in [6, 6.07) is 9.06. The molecule has 1 fully saturated rings. The van der Waals surface area contributed by atoms with Crippen LogP contribution in [0.2, 0.25) is 0 Å². The molecule has 0 heterocycles. The van der Waals surface area contributed by atoms with Gasteiger partial charge in [-0.3, -0.25) is 4.79 Å². The minimum absolute atomic E-state index is 0.189. The summed E-state index contributed by atoms with van der Waals surface area (Å²) in [6.07, 6.45) is 3.37. The third-order valence-corrected chi connectivity index (χ3v) is 3.36. The third-order valence-electron chi connectivity index (χ3n) is 3.36. The van der Waals surface area contributed by atoms with E-state index in [1.54, 1.807) is 0 Å². The molecule has 0 aliphatic heterocycles. The van der Waals surface area contributed by atoms with E-state index in [0.717, 1.165) is 13.0 Å². The SMILES string of the molecule is Cc1cccc(CCN(C)C(=O)CNC2CC2)c1. The highest BCUT2D eigenvalue weighted by Gasteiger charge is 2.21. The first-order valence-corrected chi connectivity index (χ1v) is 6.68. The fraction of sp³-hybridized carbons (Fsp3) is 0.533. The van der Waals surface area contributed by atoms with E-state index in [1.165, 1.54) is 24.0 Å². The summed E-state index contributed by atoms with van der Waals surface area (Å²) in [5, 5.41) is 3.25. The Morgan fingerprint density at radius 3 is 2.89 bits per heavy atom. The number of amides is 1. The summed E-state index contributed by atoms with van der Waals surface area (Å²) in [5.74, 6) is 0.189. The van der Waals surface area contributed by atoms with Gasteiger partial charge < -0.3 is 10.2 Å². The molecule has 1 aliphatic carbocycles. The van der Waals surface area contributed by atoms with Gasteiger partial charge in [0.2, 0.25) is 5.91 Å². The summed E-state index contributed by atoms with van der Waals surface area (Å²) >= 11 is 0. The van der Waals surface area contributed by atoms with Crippen molar-refractivity contribution in [2.24, 2.45) is 0 Å². The van der Waals surface area contributed by atoms with Crippen LogP contribution in [0.25, 0.3) is 0 Å². The molecular weight excluding hydrogens is 224 g/mol. The lowest BCUT2D eigenvalue weighted by Gasteiger charge is -2.17. The lowest BCUT2D eigenvalue weighted by atomic mass is 10.1. The number of aryl methyl sites for hydroxylation is 1. The smallest absolute Gasteiger partial charge is 0.236 e. The number of hydrogen-bond acceptors (Lipinski definition) is 2. The summed E-state index contributed by atoms with van der Waals surface area (Å²) in [5.41, 5.74) is 2.57. The van der Waals surface area contributed by atoms with Gasteiger partial charge in [0.25, 0.3) is 0 Å². The van der Waals surface area contributed by atoms with Crippen LogP contribution in [-0.2, 0) is 11.2 Å². The second kappa shape index (κ2) is 6.01. The van der Waals surface area contributed by atoms with Gasteiger partial charge in [-0.15, -0.1) is 0 Å². The first-order valence-electron chi connectivity index (χ1n) is 6.68. The molecule has 1 aliphatic rings. The van der Waals surface area contributed by atoms with Crippen LogP contribution >= 0.6 is 0 Å². The minimum Gasteiger partial charge on any atom is -0.344 e. The fourth-order valence-electron chi connectivity index (χ4n) is 1.94. The minimum atomic E-state index is 0.189. The molecule has 0 bridgehead atoms. The highest BCUT2D eigenvalue weighted by Crippen LogP contribution is 2.18. The molecule has 0 spiro atoms. The van der Waals surface area contributed by atoms with Crippen LogP contribution in [0.4, 0.5) is 0 Å². The first-order chi connectivity index (χ1) is 8.65. The van der Waals surface area contributed by atoms with Crippen molar-refractivity contribution in [3.63, 3.8) is 0 Å². The molecule has 1 aromatic rings. The van der Waals surface area contributed by atoms with E-state index in [1.807, 2.05) is 11.9 Å². The maximum Gasteiger partial charge on any atom is 0.236 e. The normalized spacial score (nSPS) is 14.6. The molecule has 0 saturated heterocycles. The Balaban J connectivity index is 1.72. The molecule has 3 nitrogen and oxygen atoms in total. The molecular formula is C15H22N2O. The van der Waals surface area contributed by atoms with E-state index < -0.39 is 0 Å². The van der Waals surface area contributed by atoms with Crippen molar-refractivity contribution >= 4 is 5.91 Å². The molecule has 3 heteroatoms. The summed E-state index contributed by atoms with van der Waals surface area (Å²) < 4.78 is 0. The van der Waals surface area contributed by atoms with Gasteiger partial charge >= 0.3 is 0 Å². The molecule has 0 aromatic heterocycles. The van der Waals surface area contributed by atoms with Crippen molar-refractivity contribution in [1.82, 2.24) is 10.2 Å². The van der Waals surface area contributed by atoms with Gasteiger partial charge in [0.1, 0.15) is 0 Å². The predicted molar refractivity (Wildman–Crippen MR) is 73.5 cm³/mol. The topological polar surface area (TPSA) is 32.3 Å². The molecule has 98 valence electrons. The quantitative estimate of drug-likeness (QED) is 0.829. The molecule has 1 amide bonds. The van der Waals surface area contributed by atoms with E-state index in [4.69, 9.17) is 0 Å². The summed E-state index contributed by atoms with van der Waals surface area (Å²) in [6.45, 7) is 3.36. The average Bonchev–Trinajstić information content (AvgIpc) is 3.17. The van der Waals surface area contributed by atoms with E-state index >= 15 is 0 Å². The average molecular weight is 246 g/mol. The van der Waals surface area contributed by atoms with E-state index in [2.05, 4.69) is 36.5 Å². The highest BCUT2D eigenvalue weighted by molar-refractivity contribution is 5.78. The number of benzene rings is 1. The number of likely N-dealkylation sites (N-methyl/N-ethyl adjacent to an activating group) is 1. The van der Waals surface area contributed by atoms with E-state index in [9.17, 15) is 4.79 Å². The monoisotopic (exact) mass is 246 g/mol. The van der Waals surface area contributed by atoms with Gasteiger partial charge in [-0.2, -0.15) is 0 Å². The number of nitrogens with zero attached hydrogens (tertiary/aromatic N) is 1. The molecule has 0 radical (unpaired) electrons. The van der Waals surface area contributed by atoms with Crippen LogP contribution in [0.5, 0.6) is 0 Å². The Kier molecular flexibility index (Phi) is 4.37. The van der Waals surface area contributed by atoms with Gasteiger partial charge in [0.05, 0.1) is 6.54 Å². The standard InChI is InChI=1S/C15H22N2O/c1-12-4-3-5-13(10-12)8-9-17(2)15(18)11-16-14-6-7-14/h3-5,10,14,16H,6-9,11H2,1-2H3. The van der Waals surface area contributed by atoms with E-state index in [-0.39, 0.29) is 5.91 Å². The Labute approximate surface area is 109 Å². The summed E-state index contributed by atoms with van der Waals surface area (Å²) in [4.78, 5) is 13.6. The van der Waals surface area contributed by atoms with Crippen molar-refractivity contribution in [2.45, 2.75) is 32.2 Å². The maximum atomic E-state index is 11.8. The molecule has 0 unspecified atom stereocenters. The van der Waals surface area contributed by atoms with Crippen molar-refractivity contribution < 1.29 is 4.79 Å². The van der Waals surface area contributed by atoms with Gasteiger partial charge in [-0.05, 0) is 31.7 Å². The molecule has 0 atom stereocenters. The largest absolute Gasteiger partial charge is 0.344 e. The van der Waals surface area contributed by atoms with Gasteiger partial charge in [0, 0.05) is 19.6 Å². The molecule has 2 rings (SSSR count). The van der Waals surface area contributed by atoms with Crippen LogP contribution in [0.1, 0.15) is 24.0 Å². The van der Waals surface area contributed by atoms with E-state index in [0.29, 0.717) is 12.6 Å². The molecule has 18 heavy (non-hydrogen) atoms. The summed E-state index contributed by atoms with van der Waals surface area (Å²) in [7, 11) is 1.88. The lowest BCUT2D eigenvalue weighted by Crippen LogP contribution is -2.37. The number of hydrogen-bond donors (Lipinski definition) is 1. The van der Waals surface area contributed by atoms with Crippen LogP contribution in [0, 0.1) is 6.92 Å². The van der Waals surface area contributed by atoms with Crippen molar-refractivity contribution in [1.29, 1.82) is 0 Å². The second-order valence-electron chi connectivity index (χ2n) is 5.21. The zero-order valence-electron chi connectivity index (χ0n) is 11.3. The fourth-order valence-corrected chi connectivity index (χ4v) is 1.94.